The van der Waals surface area contributed by atoms with Gasteiger partial charge in [0.1, 0.15) is 0 Å². The molecule has 0 bridgehead atoms. The van der Waals surface area contributed by atoms with Crippen molar-refractivity contribution in [2.75, 3.05) is 26.6 Å². The first-order chi connectivity index (χ1) is 5.73. The molecule has 0 fully saturated rings. The maximum atomic E-state index is 9.56. The number of nitrogens with two attached hydrogens (primary N) is 1. The molecule has 0 unspecified atom stereocenters. The maximum absolute atomic E-state index is 9.56. The Balaban J connectivity index is -0.000000117. The molecular formula is C7H18N2O3S. The van der Waals surface area contributed by atoms with Crippen LogP contribution in [0, 0.1) is 0 Å². The number of hydrogen-bond donors (Lipinski definition) is 1. The number of carbonyl (C=O) groups excluding carboxylic acids is 2. The normalized spacial score (nSPS) is 7.23. The minimum absolute atomic E-state index is 0.333. The zero-order valence-corrected chi connectivity index (χ0v) is 9.55. The van der Waals surface area contributed by atoms with Crippen molar-refractivity contribution >= 4 is 23.1 Å². The lowest BCUT2D eigenvalue weighted by molar-refractivity contribution is -0.116. The van der Waals surface area contributed by atoms with E-state index in [1.54, 1.807) is 26.6 Å². The standard InChI is InChI=1S/C3H7NO.C2H5NO.C2H6OS/c1-4(2)3-5;1-2(3)4;1-4(2)3/h3H,1-2H3;1H3,(H2,3,4);1-2H3. The first kappa shape index (κ1) is 18.0. The van der Waals surface area contributed by atoms with Crippen LogP contribution >= 0.6 is 0 Å². The van der Waals surface area contributed by atoms with E-state index in [2.05, 4.69) is 5.73 Å². The molecule has 13 heavy (non-hydrogen) atoms. The molecule has 2 N–H and O–H groups in total. The van der Waals surface area contributed by atoms with Crippen molar-refractivity contribution < 1.29 is 13.8 Å². The molecule has 5 nitrogen and oxygen atoms in total. The Morgan fingerprint density at radius 3 is 1.46 bits per heavy atom. The van der Waals surface area contributed by atoms with E-state index in [4.69, 9.17) is 0 Å². The van der Waals surface area contributed by atoms with Crippen molar-refractivity contribution in [3.8, 4) is 0 Å². The summed E-state index contributed by atoms with van der Waals surface area (Å²) in [5, 5.41) is 0. The van der Waals surface area contributed by atoms with Gasteiger partial charge >= 0.3 is 0 Å². The number of hydrogen-bond acceptors (Lipinski definition) is 3. The van der Waals surface area contributed by atoms with Crippen LogP contribution < -0.4 is 5.73 Å². The van der Waals surface area contributed by atoms with Crippen LogP contribution in [0.5, 0.6) is 0 Å². The van der Waals surface area contributed by atoms with Gasteiger partial charge in [-0.1, -0.05) is 0 Å². The van der Waals surface area contributed by atoms with Gasteiger partial charge in [0, 0.05) is 44.3 Å². The predicted molar refractivity (Wildman–Crippen MR) is 54.6 cm³/mol. The molecule has 0 spiro atoms. The van der Waals surface area contributed by atoms with E-state index in [0.29, 0.717) is 0 Å². The number of carbonyl (C=O) groups is 2. The summed E-state index contributed by atoms with van der Waals surface area (Å²) >= 11 is 0. The van der Waals surface area contributed by atoms with E-state index in [9.17, 15) is 13.8 Å². The van der Waals surface area contributed by atoms with Gasteiger partial charge in [-0.25, -0.2) is 0 Å². The summed E-state index contributed by atoms with van der Waals surface area (Å²) in [4.78, 5) is 20.1. The quantitative estimate of drug-likeness (QED) is 0.575. The highest BCUT2D eigenvalue weighted by Crippen LogP contribution is 1.52. The lowest BCUT2D eigenvalue weighted by atomic mass is 10.8. The summed E-state index contributed by atoms with van der Waals surface area (Å²) in [5.41, 5.74) is 4.47. The SMILES string of the molecule is CC(N)=O.CN(C)C=O.CS(C)=O. The molecule has 2 amide bonds. The van der Waals surface area contributed by atoms with Crippen molar-refractivity contribution in [1.29, 1.82) is 0 Å². The van der Waals surface area contributed by atoms with Crippen LogP contribution in [0.4, 0.5) is 0 Å². The van der Waals surface area contributed by atoms with Crippen molar-refractivity contribution in [3.05, 3.63) is 0 Å². The second-order valence-electron chi connectivity index (χ2n) is 2.42. The van der Waals surface area contributed by atoms with Crippen LogP contribution in [0.15, 0.2) is 0 Å². The smallest absolute Gasteiger partial charge is 0.214 e. The van der Waals surface area contributed by atoms with Gasteiger partial charge in [-0.3, -0.25) is 13.8 Å². The van der Waals surface area contributed by atoms with Gasteiger partial charge in [-0.2, -0.15) is 0 Å². The Kier molecular flexibility index (Phi) is 18.9. The molecule has 0 aromatic heterocycles. The maximum Gasteiger partial charge on any atom is 0.214 e. The average Bonchev–Trinajstić information content (AvgIpc) is 1.84. The summed E-state index contributed by atoms with van der Waals surface area (Å²) in [7, 11) is 2.76. The Hall–Kier alpha value is -0.910. The molecular weight excluding hydrogens is 192 g/mol. The largest absolute Gasteiger partial charge is 0.370 e. The predicted octanol–water partition coefficient (Wildman–Crippen LogP) is -0.809. The molecule has 0 radical (unpaired) electrons. The molecule has 0 heterocycles. The van der Waals surface area contributed by atoms with Gasteiger partial charge in [0.25, 0.3) is 0 Å². The van der Waals surface area contributed by atoms with Crippen molar-refractivity contribution in [2.45, 2.75) is 6.92 Å². The Morgan fingerprint density at radius 1 is 1.38 bits per heavy atom. The van der Waals surface area contributed by atoms with E-state index in [-0.39, 0.29) is 5.91 Å². The van der Waals surface area contributed by atoms with E-state index >= 15 is 0 Å². The number of primary amides is 1. The van der Waals surface area contributed by atoms with Crippen LogP contribution in [-0.2, 0) is 20.4 Å². The minimum Gasteiger partial charge on any atom is -0.370 e. The molecule has 0 aromatic carbocycles. The van der Waals surface area contributed by atoms with Gasteiger partial charge in [0.15, 0.2) is 0 Å². The van der Waals surface area contributed by atoms with E-state index < -0.39 is 10.8 Å². The Bertz CT molecular complexity index is 140. The molecule has 0 aliphatic rings. The summed E-state index contributed by atoms with van der Waals surface area (Å²) in [6, 6.07) is 0. The molecule has 0 atom stereocenters. The summed E-state index contributed by atoms with van der Waals surface area (Å²) in [6.07, 6.45) is 4.03. The van der Waals surface area contributed by atoms with Gasteiger partial charge in [-0.05, 0) is 0 Å². The van der Waals surface area contributed by atoms with Crippen LogP contribution in [0.3, 0.4) is 0 Å². The summed E-state index contributed by atoms with van der Waals surface area (Å²) in [6.45, 7) is 1.31. The van der Waals surface area contributed by atoms with Gasteiger partial charge in [0.2, 0.25) is 12.3 Å². The second kappa shape index (κ2) is 13.7. The van der Waals surface area contributed by atoms with Crippen LogP contribution in [-0.4, -0.2) is 48.0 Å². The fraction of sp³-hybridized carbons (Fsp3) is 0.714. The van der Waals surface area contributed by atoms with Crippen molar-refractivity contribution in [1.82, 2.24) is 4.90 Å². The molecule has 0 aromatic rings. The molecule has 0 saturated heterocycles. The summed E-state index contributed by atoms with van der Waals surface area (Å²) in [5.74, 6) is -0.333. The third-order valence-corrected chi connectivity index (χ3v) is 0.211. The number of amides is 2. The molecule has 0 aliphatic heterocycles. The first-order valence-electron chi connectivity index (χ1n) is 3.36. The topological polar surface area (TPSA) is 80.5 Å². The van der Waals surface area contributed by atoms with Crippen molar-refractivity contribution in [2.24, 2.45) is 5.73 Å². The lowest BCUT2D eigenvalue weighted by Gasteiger charge is -1.93. The highest BCUT2D eigenvalue weighted by molar-refractivity contribution is 7.83. The highest BCUT2D eigenvalue weighted by Gasteiger charge is 1.68. The zero-order valence-electron chi connectivity index (χ0n) is 8.73. The fourth-order valence-electron chi connectivity index (χ4n) is 0. The summed E-state index contributed by atoms with van der Waals surface area (Å²) < 4.78 is 9.56. The first-order valence-corrected chi connectivity index (χ1v) is 5.33. The molecule has 80 valence electrons. The molecule has 0 aliphatic carbocycles. The van der Waals surface area contributed by atoms with E-state index in [1.807, 2.05) is 0 Å². The van der Waals surface area contributed by atoms with Gasteiger partial charge < -0.3 is 10.6 Å². The van der Waals surface area contributed by atoms with Crippen LogP contribution in [0.2, 0.25) is 0 Å². The zero-order chi connectivity index (χ0) is 11.4. The van der Waals surface area contributed by atoms with Crippen molar-refractivity contribution in [3.63, 3.8) is 0 Å². The van der Waals surface area contributed by atoms with Crippen LogP contribution in [0.1, 0.15) is 6.92 Å². The van der Waals surface area contributed by atoms with Gasteiger partial charge in [0.05, 0.1) is 0 Å². The highest BCUT2D eigenvalue weighted by atomic mass is 32.2. The lowest BCUT2D eigenvalue weighted by Crippen LogP contribution is -2.06. The third kappa shape index (κ3) is 771. The van der Waals surface area contributed by atoms with E-state index in [0.717, 1.165) is 6.41 Å². The Labute approximate surface area is 81.7 Å². The van der Waals surface area contributed by atoms with Gasteiger partial charge in [-0.15, -0.1) is 0 Å². The number of nitrogens with zero attached hydrogens (tertiary/aromatic N) is 1. The fourth-order valence-corrected chi connectivity index (χ4v) is 0. The number of rotatable bonds is 1. The average molecular weight is 210 g/mol. The molecule has 0 rings (SSSR count). The van der Waals surface area contributed by atoms with E-state index in [1.165, 1.54) is 11.8 Å². The minimum atomic E-state index is -0.611. The molecule has 0 saturated carbocycles. The Morgan fingerprint density at radius 2 is 1.46 bits per heavy atom. The second-order valence-corrected chi connectivity index (χ2v) is 3.90. The van der Waals surface area contributed by atoms with Crippen LogP contribution in [0.25, 0.3) is 0 Å². The molecule has 6 heteroatoms. The monoisotopic (exact) mass is 210 g/mol. The third-order valence-electron chi connectivity index (χ3n) is 0.211.